The van der Waals surface area contributed by atoms with Gasteiger partial charge < -0.3 is 0 Å². The van der Waals surface area contributed by atoms with Crippen LogP contribution in [0.2, 0.25) is 0 Å². The molecule has 0 bridgehead atoms. The Bertz CT molecular complexity index is 850. The lowest BCUT2D eigenvalue weighted by Gasteiger charge is -2.14. The molecule has 108 valence electrons. The fourth-order valence-corrected chi connectivity index (χ4v) is 4.53. The average molecular weight is 317 g/mol. The Kier molecular flexibility index (Phi) is 3.80. The highest BCUT2D eigenvalue weighted by atomic mass is 32.2. The van der Waals surface area contributed by atoms with Crippen molar-refractivity contribution in [2.45, 2.75) is 17.9 Å². The number of nitrogens with one attached hydrogen (secondary N) is 1. The summed E-state index contributed by atoms with van der Waals surface area (Å²) in [5.41, 5.74) is 0.976. The summed E-state index contributed by atoms with van der Waals surface area (Å²) in [4.78, 5) is 0.322. The van der Waals surface area contributed by atoms with Crippen molar-refractivity contribution in [1.82, 2.24) is 4.72 Å². The normalized spacial score (nSPS) is 13.4. The van der Waals surface area contributed by atoms with Crippen LogP contribution in [-0.2, 0) is 10.0 Å². The molecule has 0 fully saturated rings. The molecule has 0 amide bonds. The maximum atomic E-state index is 12.6. The maximum absolute atomic E-state index is 12.6. The van der Waals surface area contributed by atoms with Crippen molar-refractivity contribution in [3.63, 3.8) is 0 Å². The molecule has 1 unspecified atom stereocenters. The van der Waals surface area contributed by atoms with E-state index in [-0.39, 0.29) is 6.04 Å². The van der Waals surface area contributed by atoms with Crippen molar-refractivity contribution in [2.24, 2.45) is 0 Å². The van der Waals surface area contributed by atoms with Crippen LogP contribution in [0.15, 0.2) is 64.2 Å². The molecule has 0 aliphatic carbocycles. The summed E-state index contributed by atoms with van der Waals surface area (Å²) in [7, 11) is -3.56. The topological polar surface area (TPSA) is 46.2 Å². The van der Waals surface area contributed by atoms with Gasteiger partial charge in [-0.3, -0.25) is 0 Å². The minimum Gasteiger partial charge on any atom is -0.207 e. The molecule has 0 saturated heterocycles. The van der Waals surface area contributed by atoms with E-state index in [0.717, 1.165) is 16.3 Å². The van der Waals surface area contributed by atoms with Crippen molar-refractivity contribution >= 4 is 32.1 Å². The van der Waals surface area contributed by atoms with Crippen LogP contribution in [0.5, 0.6) is 0 Å². The Morgan fingerprint density at radius 1 is 1.05 bits per heavy atom. The Morgan fingerprint density at radius 2 is 1.81 bits per heavy atom. The van der Waals surface area contributed by atoms with E-state index in [0.29, 0.717) is 4.90 Å². The monoisotopic (exact) mass is 317 g/mol. The van der Waals surface area contributed by atoms with E-state index in [1.165, 1.54) is 0 Å². The van der Waals surface area contributed by atoms with Gasteiger partial charge in [0.15, 0.2) is 0 Å². The molecule has 1 aromatic heterocycles. The number of hydrogen-bond acceptors (Lipinski definition) is 3. The van der Waals surface area contributed by atoms with Crippen LogP contribution in [0, 0.1) is 0 Å². The Hall–Kier alpha value is -1.69. The SMILES string of the molecule is CC(NS(=O)(=O)c1cccc2ccccc12)c1ccsc1. The molecule has 3 nitrogen and oxygen atoms in total. The number of hydrogen-bond donors (Lipinski definition) is 1. The predicted molar refractivity (Wildman–Crippen MR) is 87.0 cm³/mol. The first-order valence-electron chi connectivity index (χ1n) is 6.60. The molecule has 1 atom stereocenters. The van der Waals surface area contributed by atoms with Gasteiger partial charge in [0, 0.05) is 11.4 Å². The first kappa shape index (κ1) is 14.3. The third-order valence-electron chi connectivity index (χ3n) is 3.41. The summed E-state index contributed by atoms with van der Waals surface area (Å²) >= 11 is 1.56. The second kappa shape index (κ2) is 5.60. The van der Waals surface area contributed by atoms with Crippen LogP contribution >= 0.6 is 11.3 Å². The maximum Gasteiger partial charge on any atom is 0.241 e. The molecule has 0 saturated carbocycles. The molecule has 21 heavy (non-hydrogen) atoms. The number of benzene rings is 2. The van der Waals surface area contributed by atoms with Crippen LogP contribution in [0.1, 0.15) is 18.5 Å². The highest BCUT2D eigenvalue weighted by molar-refractivity contribution is 7.89. The fourth-order valence-electron chi connectivity index (χ4n) is 2.32. The van der Waals surface area contributed by atoms with Gasteiger partial charge in [-0.05, 0) is 40.8 Å². The van der Waals surface area contributed by atoms with Crippen LogP contribution in [0.25, 0.3) is 10.8 Å². The minimum atomic E-state index is -3.56. The number of thiophene rings is 1. The van der Waals surface area contributed by atoms with Crippen molar-refractivity contribution in [1.29, 1.82) is 0 Å². The van der Waals surface area contributed by atoms with Gasteiger partial charge >= 0.3 is 0 Å². The van der Waals surface area contributed by atoms with Gasteiger partial charge in [-0.25, -0.2) is 13.1 Å². The largest absolute Gasteiger partial charge is 0.241 e. The van der Waals surface area contributed by atoms with Gasteiger partial charge in [0.1, 0.15) is 0 Å². The van der Waals surface area contributed by atoms with E-state index < -0.39 is 10.0 Å². The third-order valence-corrected chi connectivity index (χ3v) is 5.71. The van der Waals surface area contributed by atoms with Crippen molar-refractivity contribution < 1.29 is 8.42 Å². The zero-order chi connectivity index (χ0) is 14.9. The average Bonchev–Trinajstić information content (AvgIpc) is 3.00. The number of rotatable bonds is 4. The number of fused-ring (bicyclic) bond motifs is 1. The molecule has 0 radical (unpaired) electrons. The summed E-state index contributed by atoms with van der Waals surface area (Å²) in [6.45, 7) is 1.85. The third kappa shape index (κ3) is 2.85. The predicted octanol–water partition coefficient (Wildman–Crippen LogP) is 3.94. The lowest BCUT2D eigenvalue weighted by Crippen LogP contribution is -2.26. The lowest BCUT2D eigenvalue weighted by atomic mass is 10.1. The molecule has 2 aromatic carbocycles. The summed E-state index contributed by atoms with van der Waals surface area (Å²) in [6, 6.07) is 14.5. The fraction of sp³-hybridized carbons (Fsp3) is 0.125. The van der Waals surface area contributed by atoms with E-state index in [9.17, 15) is 8.42 Å². The number of sulfonamides is 1. The van der Waals surface area contributed by atoms with Crippen LogP contribution in [-0.4, -0.2) is 8.42 Å². The van der Waals surface area contributed by atoms with E-state index in [4.69, 9.17) is 0 Å². The van der Waals surface area contributed by atoms with Gasteiger partial charge in [-0.2, -0.15) is 11.3 Å². The van der Waals surface area contributed by atoms with Gasteiger partial charge in [-0.15, -0.1) is 0 Å². The molecule has 3 rings (SSSR count). The molecule has 5 heteroatoms. The summed E-state index contributed by atoms with van der Waals surface area (Å²) in [5.74, 6) is 0. The molecular formula is C16H15NO2S2. The highest BCUT2D eigenvalue weighted by Gasteiger charge is 2.20. The quantitative estimate of drug-likeness (QED) is 0.792. The zero-order valence-corrected chi connectivity index (χ0v) is 13.1. The van der Waals surface area contributed by atoms with E-state index >= 15 is 0 Å². The Morgan fingerprint density at radius 3 is 2.57 bits per heavy atom. The Balaban J connectivity index is 2.01. The molecular weight excluding hydrogens is 302 g/mol. The molecule has 0 aliphatic rings. The van der Waals surface area contributed by atoms with Crippen LogP contribution in [0.4, 0.5) is 0 Å². The summed E-state index contributed by atoms with van der Waals surface area (Å²) in [6.07, 6.45) is 0. The Labute approximate surface area is 128 Å². The van der Waals surface area contributed by atoms with Gasteiger partial charge in [-0.1, -0.05) is 36.4 Å². The molecule has 3 aromatic rings. The zero-order valence-electron chi connectivity index (χ0n) is 11.5. The van der Waals surface area contributed by atoms with Gasteiger partial charge in [0.2, 0.25) is 10.0 Å². The van der Waals surface area contributed by atoms with E-state index in [1.807, 2.05) is 54.1 Å². The molecule has 1 heterocycles. The van der Waals surface area contributed by atoms with Gasteiger partial charge in [0.05, 0.1) is 4.90 Å². The van der Waals surface area contributed by atoms with E-state index in [2.05, 4.69) is 4.72 Å². The van der Waals surface area contributed by atoms with Crippen LogP contribution in [0.3, 0.4) is 0 Å². The molecule has 0 spiro atoms. The lowest BCUT2D eigenvalue weighted by molar-refractivity contribution is 0.568. The van der Waals surface area contributed by atoms with Crippen molar-refractivity contribution in [2.75, 3.05) is 0 Å². The summed E-state index contributed by atoms with van der Waals surface area (Å²) in [5, 5.41) is 5.56. The standard InChI is InChI=1S/C16H15NO2S2/c1-12(14-9-10-20-11-14)17-21(18,19)16-8-4-6-13-5-2-3-7-15(13)16/h2-12,17H,1H3. The van der Waals surface area contributed by atoms with Gasteiger partial charge in [0.25, 0.3) is 0 Å². The minimum absolute atomic E-state index is 0.250. The van der Waals surface area contributed by atoms with Crippen LogP contribution < -0.4 is 4.72 Å². The first-order chi connectivity index (χ1) is 10.1. The molecule has 1 N–H and O–H groups in total. The molecule has 0 aliphatic heterocycles. The smallest absolute Gasteiger partial charge is 0.207 e. The highest BCUT2D eigenvalue weighted by Crippen LogP contribution is 2.25. The van der Waals surface area contributed by atoms with Crippen molar-refractivity contribution in [3.8, 4) is 0 Å². The van der Waals surface area contributed by atoms with E-state index in [1.54, 1.807) is 23.5 Å². The summed E-state index contributed by atoms with van der Waals surface area (Å²) < 4.78 is 28.0. The second-order valence-corrected chi connectivity index (χ2v) is 7.34. The van der Waals surface area contributed by atoms with Crippen molar-refractivity contribution in [3.05, 3.63) is 64.9 Å². The first-order valence-corrected chi connectivity index (χ1v) is 9.03. The second-order valence-electron chi connectivity index (χ2n) is 4.88.